The third kappa shape index (κ3) is 3.77. The number of fused-ring (bicyclic) bond motifs is 1. The van der Waals surface area contributed by atoms with Gasteiger partial charge in [0.2, 0.25) is 0 Å². The first-order valence-electron chi connectivity index (χ1n) is 9.38. The zero-order chi connectivity index (χ0) is 18.6. The number of hydrogen-bond donors (Lipinski definition) is 0. The number of rotatable bonds is 5. The van der Waals surface area contributed by atoms with Crippen LogP contribution in [0, 0.1) is 0 Å². The van der Waals surface area contributed by atoms with Crippen molar-refractivity contribution in [3.63, 3.8) is 0 Å². The summed E-state index contributed by atoms with van der Waals surface area (Å²) in [5.41, 5.74) is 4.90. The monoisotopic (exact) mass is 415 g/mol. The van der Waals surface area contributed by atoms with E-state index < -0.39 is 0 Å². The second-order valence-corrected chi connectivity index (χ2v) is 7.64. The maximum Gasteiger partial charge on any atom is 0.0540 e. The van der Waals surface area contributed by atoms with Crippen molar-refractivity contribution in [2.75, 3.05) is 4.90 Å². The van der Waals surface area contributed by atoms with Crippen molar-refractivity contribution in [1.82, 2.24) is 0 Å². The molecule has 27 heavy (non-hydrogen) atoms. The van der Waals surface area contributed by atoms with Crippen LogP contribution in [-0.4, -0.2) is 0 Å². The Labute approximate surface area is 169 Å². The Bertz CT molecular complexity index is 1030. The zero-order valence-electron chi connectivity index (χ0n) is 15.4. The smallest absolute Gasteiger partial charge is 0.0540 e. The first-order valence-corrected chi connectivity index (χ1v) is 10.2. The molecule has 0 heterocycles. The molecule has 134 valence electrons. The predicted octanol–water partition coefficient (Wildman–Crippen LogP) is 8.02. The second kappa shape index (κ2) is 7.98. The van der Waals surface area contributed by atoms with Gasteiger partial charge in [-0.1, -0.05) is 77.8 Å². The van der Waals surface area contributed by atoms with Crippen LogP contribution < -0.4 is 4.90 Å². The van der Waals surface area contributed by atoms with Gasteiger partial charge in [0.25, 0.3) is 0 Å². The molecule has 0 radical (unpaired) electrons. The molecule has 0 saturated carbocycles. The van der Waals surface area contributed by atoms with Gasteiger partial charge in [0.15, 0.2) is 0 Å². The van der Waals surface area contributed by atoms with Crippen LogP contribution in [0.3, 0.4) is 0 Å². The number of halogens is 1. The number of hydrogen-bond acceptors (Lipinski definition) is 1. The number of nitrogens with zero attached hydrogens (tertiary/aromatic N) is 1. The lowest BCUT2D eigenvalue weighted by atomic mass is 10.1. The summed E-state index contributed by atoms with van der Waals surface area (Å²) >= 11 is 3.56. The van der Waals surface area contributed by atoms with E-state index in [1.807, 2.05) is 0 Å². The van der Waals surface area contributed by atoms with Crippen molar-refractivity contribution in [2.24, 2.45) is 0 Å². The van der Waals surface area contributed by atoms with E-state index in [4.69, 9.17) is 0 Å². The molecule has 0 saturated heterocycles. The molecule has 0 aliphatic rings. The summed E-state index contributed by atoms with van der Waals surface area (Å²) in [6.45, 7) is 2.22. The van der Waals surface area contributed by atoms with Crippen LogP contribution in [0.4, 0.5) is 17.1 Å². The lowest BCUT2D eigenvalue weighted by Crippen LogP contribution is -2.10. The Morgan fingerprint density at radius 3 is 2.04 bits per heavy atom. The Morgan fingerprint density at radius 1 is 0.704 bits per heavy atom. The minimum absolute atomic E-state index is 1.09. The molecule has 0 N–H and O–H groups in total. The van der Waals surface area contributed by atoms with Gasteiger partial charge in [0.05, 0.1) is 5.69 Å². The Balaban J connectivity index is 1.89. The summed E-state index contributed by atoms with van der Waals surface area (Å²) in [5, 5.41) is 2.50. The highest BCUT2D eigenvalue weighted by molar-refractivity contribution is 9.10. The molecule has 0 aromatic heterocycles. The van der Waals surface area contributed by atoms with E-state index in [1.54, 1.807) is 0 Å². The van der Waals surface area contributed by atoms with Crippen molar-refractivity contribution in [2.45, 2.75) is 19.8 Å². The largest absolute Gasteiger partial charge is 0.310 e. The average Bonchev–Trinajstić information content (AvgIpc) is 2.71. The number of anilines is 3. The van der Waals surface area contributed by atoms with Crippen LogP contribution in [0.2, 0.25) is 0 Å². The van der Waals surface area contributed by atoms with E-state index in [2.05, 4.69) is 119 Å². The Morgan fingerprint density at radius 2 is 1.33 bits per heavy atom. The maximum absolute atomic E-state index is 3.56. The van der Waals surface area contributed by atoms with Crippen molar-refractivity contribution in [3.05, 3.63) is 101 Å². The van der Waals surface area contributed by atoms with Crippen molar-refractivity contribution >= 4 is 43.8 Å². The summed E-state index contributed by atoms with van der Waals surface area (Å²) in [5.74, 6) is 0. The van der Waals surface area contributed by atoms with E-state index in [-0.39, 0.29) is 0 Å². The zero-order valence-corrected chi connectivity index (χ0v) is 17.0. The van der Waals surface area contributed by atoms with Crippen molar-refractivity contribution in [1.29, 1.82) is 0 Å². The molecule has 4 aromatic carbocycles. The third-order valence-corrected chi connectivity index (χ3v) is 5.35. The molecule has 4 aromatic rings. The predicted molar refractivity (Wildman–Crippen MR) is 120 cm³/mol. The number of aryl methyl sites for hydroxylation is 1. The van der Waals surface area contributed by atoms with Crippen LogP contribution in [0.25, 0.3) is 10.8 Å². The van der Waals surface area contributed by atoms with E-state index in [0.29, 0.717) is 0 Å². The van der Waals surface area contributed by atoms with Crippen LogP contribution >= 0.6 is 15.9 Å². The molecule has 0 fully saturated rings. The topological polar surface area (TPSA) is 3.24 Å². The molecule has 0 aliphatic carbocycles. The Kier molecular flexibility index (Phi) is 5.26. The minimum atomic E-state index is 1.09. The molecule has 0 bridgehead atoms. The van der Waals surface area contributed by atoms with Gasteiger partial charge in [-0.2, -0.15) is 0 Å². The fraction of sp³-hybridized carbons (Fsp3) is 0.120. The normalized spacial score (nSPS) is 10.9. The molecule has 0 aliphatic heterocycles. The van der Waals surface area contributed by atoms with Gasteiger partial charge in [-0.15, -0.1) is 0 Å². The fourth-order valence-corrected chi connectivity index (χ4v) is 3.79. The summed E-state index contributed by atoms with van der Waals surface area (Å²) in [6, 6.07) is 32.5. The van der Waals surface area contributed by atoms with Gasteiger partial charge in [-0.05, 0) is 59.8 Å². The minimum Gasteiger partial charge on any atom is -0.310 e. The van der Waals surface area contributed by atoms with Gasteiger partial charge >= 0.3 is 0 Å². The lowest BCUT2D eigenvalue weighted by molar-refractivity contribution is 0.922. The first kappa shape index (κ1) is 17.8. The van der Waals surface area contributed by atoms with E-state index >= 15 is 0 Å². The standard InChI is InChI=1S/C25H22BrN/c1-2-6-19-11-15-22(16-12-19)27(23-17-13-21(26)14-18-23)25-10-5-8-20-7-3-4-9-24(20)25/h3-5,7-18H,2,6H2,1H3. The van der Waals surface area contributed by atoms with Crippen LogP contribution in [0.1, 0.15) is 18.9 Å². The van der Waals surface area contributed by atoms with E-state index in [9.17, 15) is 0 Å². The SMILES string of the molecule is CCCc1ccc(N(c2ccc(Br)cc2)c2cccc3ccccc23)cc1. The fourth-order valence-electron chi connectivity index (χ4n) is 3.52. The molecular formula is C25H22BrN. The molecule has 0 atom stereocenters. The first-order chi connectivity index (χ1) is 13.3. The summed E-state index contributed by atoms with van der Waals surface area (Å²) < 4.78 is 1.09. The lowest BCUT2D eigenvalue weighted by Gasteiger charge is -2.27. The highest BCUT2D eigenvalue weighted by Gasteiger charge is 2.15. The van der Waals surface area contributed by atoms with E-state index in [0.717, 1.165) is 16.6 Å². The highest BCUT2D eigenvalue weighted by Crippen LogP contribution is 2.39. The Hall–Kier alpha value is -2.58. The van der Waals surface area contributed by atoms with Gasteiger partial charge < -0.3 is 4.90 Å². The van der Waals surface area contributed by atoms with Gasteiger partial charge in [0, 0.05) is 21.2 Å². The van der Waals surface area contributed by atoms with Crippen LogP contribution in [0.5, 0.6) is 0 Å². The molecule has 4 rings (SSSR count). The summed E-state index contributed by atoms with van der Waals surface area (Å²) in [7, 11) is 0. The van der Waals surface area contributed by atoms with Gasteiger partial charge in [0.1, 0.15) is 0 Å². The summed E-state index contributed by atoms with van der Waals surface area (Å²) in [4.78, 5) is 2.34. The molecular weight excluding hydrogens is 394 g/mol. The molecule has 0 spiro atoms. The van der Waals surface area contributed by atoms with Crippen molar-refractivity contribution < 1.29 is 0 Å². The van der Waals surface area contributed by atoms with Crippen LogP contribution in [-0.2, 0) is 6.42 Å². The van der Waals surface area contributed by atoms with Gasteiger partial charge in [-0.3, -0.25) is 0 Å². The second-order valence-electron chi connectivity index (χ2n) is 6.73. The van der Waals surface area contributed by atoms with Crippen LogP contribution in [0.15, 0.2) is 95.5 Å². The number of benzene rings is 4. The van der Waals surface area contributed by atoms with Crippen molar-refractivity contribution in [3.8, 4) is 0 Å². The molecule has 0 amide bonds. The average molecular weight is 416 g/mol. The molecule has 2 heteroatoms. The molecule has 1 nitrogen and oxygen atoms in total. The third-order valence-electron chi connectivity index (χ3n) is 4.83. The van der Waals surface area contributed by atoms with E-state index in [1.165, 1.54) is 34.1 Å². The summed E-state index contributed by atoms with van der Waals surface area (Å²) in [6.07, 6.45) is 2.28. The van der Waals surface area contributed by atoms with Gasteiger partial charge in [-0.25, -0.2) is 0 Å². The maximum atomic E-state index is 3.56. The highest BCUT2D eigenvalue weighted by atomic mass is 79.9. The molecule has 0 unspecified atom stereocenters. The quantitative estimate of drug-likeness (QED) is 0.318.